The Hall–Kier alpha value is -1.54. The second-order valence-electron chi connectivity index (χ2n) is 3.99. The molecule has 0 atom stereocenters. The number of benzene rings is 1. The Bertz CT molecular complexity index is 555. The summed E-state index contributed by atoms with van der Waals surface area (Å²) in [7, 11) is -3.37. The van der Waals surface area contributed by atoms with Crippen LogP contribution in [0.25, 0.3) is 0 Å². The molecule has 0 saturated carbocycles. The maximum Gasteiger partial charge on any atom is 0.287 e. The summed E-state index contributed by atoms with van der Waals surface area (Å²) in [5, 5.41) is 10.3. The standard InChI is InChI=1S/C11H13F2NO4S/c1-19(17,18)9-4-2-8(3-5-9)10(16)14-6-11(12,13)7-15/h2-5,15H,6-7H2,1H3,(H,14,16). The van der Waals surface area contributed by atoms with Crippen LogP contribution in [0.3, 0.4) is 0 Å². The first-order valence-corrected chi connectivity index (χ1v) is 7.12. The zero-order valence-electron chi connectivity index (χ0n) is 10.1. The lowest BCUT2D eigenvalue weighted by Crippen LogP contribution is -2.38. The number of halogens is 2. The monoisotopic (exact) mass is 293 g/mol. The van der Waals surface area contributed by atoms with Crippen molar-refractivity contribution in [1.82, 2.24) is 5.32 Å². The Morgan fingerprint density at radius 1 is 1.32 bits per heavy atom. The first-order valence-electron chi connectivity index (χ1n) is 5.23. The van der Waals surface area contributed by atoms with Crippen LogP contribution in [0, 0.1) is 0 Å². The van der Waals surface area contributed by atoms with E-state index in [1.807, 2.05) is 5.32 Å². The van der Waals surface area contributed by atoms with E-state index >= 15 is 0 Å². The van der Waals surface area contributed by atoms with Gasteiger partial charge in [0.15, 0.2) is 9.84 Å². The summed E-state index contributed by atoms with van der Waals surface area (Å²) in [5.41, 5.74) is 0.0566. The fraction of sp³-hybridized carbons (Fsp3) is 0.364. The quantitative estimate of drug-likeness (QED) is 0.825. The van der Waals surface area contributed by atoms with Crippen LogP contribution in [0.4, 0.5) is 8.78 Å². The van der Waals surface area contributed by atoms with Gasteiger partial charge in [0.2, 0.25) is 0 Å². The lowest BCUT2D eigenvalue weighted by atomic mass is 10.2. The van der Waals surface area contributed by atoms with Crippen LogP contribution in [-0.2, 0) is 9.84 Å². The van der Waals surface area contributed by atoms with Gasteiger partial charge in [-0.25, -0.2) is 17.2 Å². The van der Waals surface area contributed by atoms with E-state index in [9.17, 15) is 22.0 Å². The molecule has 106 valence electrons. The van der Waals surface area contributed by atoms with Crippen molar-refractivity contribution in [2.45, 2.75) is 10.8 Å². The minimum Gasteiger partial charge on any atom is -0.390 e. The number of alkyl halides is 2. The van der Waals surface area contributed by atoms with Gasteiger partial charge in [-0.1, -0.05) is 0 Å². The zero-order chi connectivity index (χ0) is 14.7. The maximum atomic E-state index is 12.7. The van der Waals surface area contributed by atoms with Crippen molar-refractivity contribution in [2.75, 3.05) is 19.4 Å². The fourth-order valence-electron chi connectivity index (χ4n) is 1.22. The first-order chi connectivity index (χ1) is 8.65. The summed E-state index contributed by atoms with van der Waals surface area (Å²) >= 11 is 0. The first kappa shape index (κ1) is 15.5. The Morgan fingerprint density at radius 3 is 2.26 bits per heavy atom. The normalized spacial score (nSPS) is 12.2. The average Bonchev–Trinajstić information content (AvgIpc) is 2.35. The SMILES string of the molecule is CS(=O)(=O)c1ccc(C(=O)NCC(F)(F)CO)cc1. The summed E-state index contributed by atoms with van der Waals surface area (Å²) in [6.45, 7) is -2.35. The molecule has 0 aliphatic rings. The summed E-state index contributed by atoms with van der Waals surface area (Å²) in [5.74, 6) is -4.16. The highest BCUT2D eigenvalue weighted by atomic mass is 32.2. The lowest BCUT2D eigenvalue weighted by Gasteiger charge is -2.13. The van der Waals surface area contributed by atoms with Gasteiger partial charge in [-0.3, -0.25) is 4.79 Å². The molecule has 2 N–H and O–H groups in total. The number of hydrogen-bond donors (Lipinski definition) is 2. The highest BCUT2D eigenvalue weighted by Crippen LogP contribution is 2.12. The maximum absolute atomic E-state index is 12.7. The number of rotatable bonds is 5. The largest absolute Gasteiger partial charge is 0.390 e. The van der Waals surface area contributed by atoms with Gasteiger partial charge in [-0.2, -0.15) is 0 Å². The smallest absolute Gasteiger partial charge is 0.287 e. The molecule has 0 saturated heterocycles. The van der Waals surface area contributed by atoms with Gasteiger partial charge in [-0.15, -0.1) is 0 Å². The van der Waals surface area contributed by atoms with E-state index in [0.717, 1.165) is 6.26 Å². The molecule has 8 heteroatoms. The van der Waals surface area contributed by atoms with Gasteiger partial charge in [0, 0.05) is 11.8 Å². The molecule has 0 aliphatic carbocycles. The second kappa shape index (κ2) is 5.62. The average molecular weight is 293 g/mol. The van der Waals surface area contributed by atoms with Crippen LogP contribution >= 0.6 is 0 Å². The molecule has 0 fully saturated rings. The van der Waals surface area contributed by atoms with Crippen molar-refractivity contribution in [3.63, 3.8) is 0 Å². The van der Waals surface area contributed by atoms with Crippen LogP contribution in [-0.4, -0.2) is 44.8 Å². The van der Waals surface area contributed by atoms with E-state index in [-0.39, 0.29) is 10.5 Å². The number of nitrogens with one attached hydrogen (secondary N) is 1. The fourth-order valence-corrected chi connectivity index (χ4v) is 1.85. The van der Waals surface area contributed by atoms with Gasteiger partial charge in [0.1, 0.15) is 6.61 Å². The predicted octanol–water partition coefficient (Wildman–Crippen LogP) is 0.448. The molecule has 0 spiro atoms. The van der Waals surface area contributed by atoms with Crippen LogP contribution in [0.15, 0.2) is 29.2 Å². The third kappa shape index (κ3) is 4.56. The minimum absolute atomic E-state index is 0.0322. The molecule has 1 rings (SSSR count). The van der Waals surface area contributed by atoms with E-state index in [1.165, 1.54) is 24.3 Å². The van der Waals surface area contributed by atoms with E-state index in [0.29, 0.717) is 0 Å². The zero-order valence-corrected chi connectivity index (χ0v) is 10.9. The Morgan fingerprint density at radius 2 is 1.84 bits per heavy atom. The number of hydrogen-bond acceptors (Lipinski definition) is 4. The van der Waals surface area contributed by atoms with Crippen molar-refractivity contribution in [2.24, 2.45) is 0 Å². The summed E-state index contributed by atoms with van der Waals surface area (Å²) in [6.07, 6.45) is 1.02. The Balaban J connectivity index is 2.74. The number of carbonyl (C=O) groups excluding carboxylic acids is 1. The van der Waals surface area contributed by atoms with Crippen molar-refractivity contribution >= 4 is 15.7 Å². The second-order valence-corrected chi connectivity index (χ2v) is 6.01. The number of aliphatic hydroxyl groups excluding tert-OH is 1. The predicted molar refractivity (Wildman–Crippen MR) is 63.9 cm³/mol. The Kier molecular flexibility index (Phi) is 4.59. The Labute approximate surface area is 109 Å². The minimum atomic E-state index is -3.39. The molecule has 0 bridgehead atoms. The van der Waals surface area contributed by atoms with Crippen molar-refractivity contribution in [1.29, 1.82) is 0 Å². The third-order valence-corrected chi connectivity index (χ3v) is 3.41. The van der Waals surface area contributed by atoms with Gasteiger partial charge in [0.05, 0.1) is 11.4 Å². The molecular weight excluding hydrogens is 280 g/mol. The number of amides is 1. The molecule has 19 heavy (non-hydrogen) atoms. The van der Waals surface area contributed by atoms with Crippen LogP contribution < -0.4 is 5.32 Å². The van der Waals surface area contributed by atoms with E-state index in [2.05, 4.69) is 0 Å². The molecule has 1 aromatic rings. The van der Waals surface area contributed by atoms with Crippen molar-refractivity contribution in [3.8, 4) is 0 Å². The molecule has 0 unspecified atom stereocenters. The molecule has 0 heterocycles. The number of sulfone groups is 1. The van der Waals surface area contributed by atoms with Gasteiger partial charge in [0.25, 0.3) is 11.8 Å². The highest BCUT2D eigenvalue weighted by molar-refractivity contribution is 7.90. The summed E-state index contributed by atoms with van der Waals surface area (Å²) in [4.78, 5) is 11.5. The lowest BCUT2D eigenvalue weighted by molar-refractivity contribution is -0.0462. The molecule has 5 nitrogen and oxygen atoms in total. The van der Waals surface area contributed by atoms with Crippen LogP contribution in [0.2, 0.25) is 0 Å². The highest BCUT2D eigenvalue weighted by Gasteiger charge is 2.28. The van der Waals surface area contributed by atoms with Crippen LogP contribution in [0.5, 0.6) is 0 Å². The van der Waals surface area contributed by atoms with Crippen molar-refractivity contribution in [3.05, 3.63) is 29.8 Å². The van der Waals surface area contributed by atoms with Gasteiger partial charge in [-0.05, 0) is 24.3 Å². The van der Waals surface area contributed by atoms with E-state index in [4.69, 9.17) is 5.11 Å². The summed E-state index contributed by atoms with van der Waals surface area (Å²) in [6, 6.07) is 4.88. The van der Waals surface area contributed by atoms with Gasteiger partial charge < -0.3 is 10.4 Å². The number of aliphatic hydroxyl groups is 1. The molecule has 0 aromatic heterocycles. The molecule has 1 aromatic carbocycles. The third-order valence-electron chi connectivity index (χ3n) is 2.28. The van der Waals surface area contributed by atoms with E-state index in [1.54, 1.807) is 0 Å². The van der Waals surface area contributed by atoms with Crippen molar-refractivity contribution < 1.29 is 27.1 Å². The topological polar surface area (TPSA) is 83.5 Å². The van der Waals surface area contributed by atoms with Gasteiger partial charge >= 0.3 is 0 Å². The molecule has 0 radical (unpaired) electrons. The van der Waals surface area contributed by atoms with Crippen LogP contribution in [0.1, 0.15) is 10.4 Å². The molecule has 1 amide bonds. The summed E-state index contributed by atoms with van der Waals surface area (Å²) < 4.78 is 47.8. The van der Waals surface area contributed by atoms with E-state index < -0.39 is 34.8 Å². The number of carbonyl (C=O) groups is 1. The molecular formula is C11H13F2NO4S. The molecule has 0 aliphatic heterocycles.